The third kappa shape index (κ3) is 1.80. The summed E-state index contributed by atoms with van der Waals surface area (Å²) < 4.78 is 2.03. The molecule has 3 nitrogen and oxygen atoms in total. The van der Waals surface area contributed by atoms with Crippen molar-refractivity contribution in [1.82, 2.24) is 4.57 Å². The molecule has 0 atom stereocenters. The van der Waals surface area contributed by atoms with Crippen molar-refractivity contribution in [3.8, 4) is 12.3 Å². The van der Waals surface area contributed by atoms with E-state index in [4.69, 9.17) is 12.2 Å². The van der Waals surface area contributed by atoms with Gasteiger partial charge in [-0.2, -0.15) is 0 Å². The first-order valence-electron chi connectivity index (χ1n) is 6.20. The van der Waals surface area contributed by atoms with Gasteiger partial charge in [-0.15, -0.1) is 6.42 Å². The van der Waals surface area contributed by atoms with Crippen molar-refractivity contribution < 1.29 is 4.79 Å². The molecule has 19 heavy (non-hydrogen) atoms. The number of fused-ring (bicyclic) bond motifs is 1. The topological polar surface area (TPSA) is 48.0 Å². The lowest BCUT2D eigenvalue weighted by atomic mass is 10.0. The van der Waals surface area contributed by atoms with Crippen LogP contribution in [0.3, 0.4) is 0 Å². The van der Waals surface area contributed by atoms with Crippen molar-refractivity contribution in [2.24, 2.45) is 5.73 Å². The highest BCUT2D eigenvalue weighted by atomic mass is 16.1. The van der Waals surface area contributed by atoms with Crippen LogP contribution in [0, 0.1) is 26.2 Å². The van der Waals surface area contributed by atoms with Crippen LogP contribution in [0.4, 0.5) is 0 Å². The van der Waals surface area contributed by atoms with E-state index < -0.39 is 11.4 Å². The standard InChI is InChI=1S/C16H18N2O/c1-6-16(4,5)18-11(3)10(2)12-8-7-9-13(14(12)18)15(17)19/h1,7-9H,2-5H3,(H2,17,19). The molecular weight excluding hydrogens is 236 g/mol. The minimum Gasteiger partial charge on any atom is -0.366 e. The molecule has 0 aliphatic carbocycles. The van der Waals surface area contributed by atoms with E-state index in [0.29, 0.717) is 5.56 Å². The number of benzene rings is 1. The lowest BCUT2D eigenvalue weighted by molar-refractivity contribution is 0.100. The van der Waals surface area contributed by atoms with E-state index in [0.717, 1.165) is 22.2 Å². The highest BCUT2D eigenvalue weighted by Crippen LogP contribution is 2.32. The minimum absolute atomic E-state index is 0.433. The number of hydrogen-bond acceptors (Lipinski definition) is 1. The summed E-state index contributed by atoms with van der Waals surface area (Å²) >= 11 is 0. The predicted octanol–water partition coefficient (Wildman–Crippen LogP) is 2.73. The summed E-state index contributed by atoms with van der Waals surface area (Å²) in [5, 5.41) is 1.03. The largest absolute Gasteiger partial charge is 0.366 e. The van der Waals surface area contributed by atoms with Gasteiger partial charge in [0.1, 0.15) is 0 Å². The summed E-state index contributed by atoms with van der Waals surface area (Å²) in [6.45, 7) is 7.96. The maximum absolute atomic E-state index is 11.7. The molecule has 2 rings (SSSR count). The van der Waals surface area contributed by atoms with Crippen molar-refractivity contribution in [1.29, 1.82) is 0 Å². The van der Waals surface area contributed by atoms with E-state index in [1.54, 1.807) is 6.07 Å². The molecule has 0 aliphatic heterocycles. The fourth-order valence-corrected chi connectivity index (χ4v) is 2.58. The number of primary amides is 1. The van der Waals surface area contributed by atoms with Crippen LogP contribution >= 0.6 is 0 Å². The average molecular weight is 254 g/mol. The maximum atomic E-state index is 11.7. The first-order valence-corrected chi connectivity index (χ1v) is 6.20. The highest BCUT2D eigenvalue weighted by Gasteiger charge is 2.25. The molecule has 0 saturated carbocycles. The van der Waals surface area contributed by atoms with Gasteiger partial charge in [0.05, 0.1) is 16.6 Å². The molecule has 2 aromatic rings. The van der Waals surface area contributed by atoms with E-state index in [-0.39, 0.29) is 0 Å². The Morgan fingerprint density at radius 2 is 2.00 bits per heavy atom. The van der Waals surface area contributed by atoms with Crippen molar-refractivity contribution >= 4 is 16.8 Å². The number of nitrogens with two attached hydrogens (primary N) is 1. The van der Waals surface area contributed by atoms with Gasteiger partial charge < -0.3 is 10.3 Å². The average Bonchev–Trinajstić information content (AvgIpc) is 2.62. The van der Waals surface area contributed by atoms with E-state index in [2.05, 4.69) is 5.92 Å². The van der Waals surface area contributed by atoms with Crippen molar-refractivity contribution in [2.75, 3.05) is 0 Å². The molecule has 0 radical (unpaired) electrons. The molecule has 1 heterocycles. The maximum Gasteiger partial charge on any atom is 0.250 e. The molecule has 1 amide bonds. The number of rotatable bonds is 2. The molecule has 2 N–H and O–H groups in total. The van der Waals surface area contributed by atoms with Gasteiger partial charge in [-0.25, -0.2) is 0 Å². The van der Waals surface area contributed by atoms with Gasteiger partial charge in [-0.05, 0) is 39.3 Å². The Bertz CT molecular complexity index is 714. The van der Waals surface area contributed by atoms with Crippen LogP contribution in [0.25, 0.3) is 10.9 Å². The first-order chi connectivity index (χ1) is 8.81. The van der Waals surface area contributed by atoms with Gasteiger partial charge in [0.15, 0.2) is 0 Å². The molecule has 0 spiro atoms. The Hall–Kier alpha value is -2.21. The number of nitrogens with zero attached hydrogens (tertiary/aromatic N) is 1. The third-order valence-corrected chi connectivity index (χ3v) is 3.72. The number of aromatic nitrogens is 1. The molecular formula is C16H18N2O. The molecule has 1 aromatic heterocycles. The summed E-state index contributed by atoms with van der Waals surface area (Å²) in [5.41, 5.74) is 8.50. The molecule has 0 saturated heterocycles. The Balaban J connectivity index is 3.03. The monoisotopic (exact) mass is 254 g/mol. The van der Waals surface area contributed by atoms with Crippen LogP contribution in [0.2, 0.25) is 0 Å². The van der Waals surface area contributed by atoms with E-state index in [1.807, 2.05) is 44.4 Å². The smallest absolute Gasteiger partial charge is 0.250 e. The van der Waals surface area contributed by atoms with E-state index in [1.165, 1.54) is 0 Å². The summed E-state index contributed by atoms with van der Waals surface area (Å²) in [6.07, 6.45) is 5.65. The zero-order chi connectivity index (χ0) is 14.4. The van der Waals surface area contributed by atoms with Gasteiger partial charge in [-0.3, -0.25) is 4.79 Å². The van der Waals surface area contributed by atoms with Crippen LogP contribution in [0.1, 0.15) is 35.5 Å². The molecule has 1 aromatic carbocycles. The summed E-state index contributed by atoms with van der Waals surface area (Å²) in [7, 11) is 0. The first kappa shape index (κ1) is 13.2. The van der Waals surface area contributed by atoms with Crippen molar-refractivity contribution in [3.63, 3.8) is 0 Å². The summed E-state index contributed by atoms with van der Waals surface area (Å²) in [6, 6.07) is 5.59. The number of terminal acetylenes is 1. The number of carbonyl (C=O) groups is 1. The molecule has 0 unspecified atom stereocenters. The Labute approximate surface area is 113 Å². The van der Waals surface area contributed by atoms with Crippen molar-refractivity contribution in [3.05, 3.63) is 35.0 Å². The van der Waals surface area contributed by atoms with Gasteiger partial charge in [0, 0.05) is 11.1 Å². The van der Waals surface area contributed by atoms with Crippen molar-refractivity contribution in [2.45, 2.75) is 33.2 Å². The molecule has 0 aliphatic rings. The molecule has 0 bridgehead atoms. The van der Waals surface area contributed by atoms with Crippen LogP contribution < -0.4 is 5.73 Å². The predicted molar refractivity (Wildman–Crippen MR) is 78.1 cm³/mol. The highest BCUT2D eigenvalue weighted by molar-refractivity contribution is 6.06. The summed E-state index contributed by atoms with van der Waals surface area (Å²) in [5.74, 6) is 2.35. The quantitative estimate of drug-likeness (QED) is 0.823. The van der Waals surface area contributed by atoms with Gasteiger partial charge >= 0.3 is 0 Å². The molecule has 0 fully saturated rings. The second-order valence-electron chi connectivity index (χ2n) is 5.32. The minimum atomic E-state index is -0.512. The second kappa shape index (κ2) is 4.17. The van der Waals surface area contributed by atoms with E-state index in [9.17, 15) is 4.79 Å². The lowest BCUT2D eigenvalue weighted by Gasteiger charge is -2.24. The number of hydrogen-bond donors (Lipinski definition) is 1. The van der Waals surface area contributed by atoms with Gasteiger partial charge in [0.25, 0.3) is 5.91 Å². The van der Waals surface area contributed by atoms with E-state index >= 15 is 0 Å². The fourth-order valence-electron chi connectivity index (χ4n) is 2.58. The Morgan fingerprint density at radius 1 is 1.37 bits per heavy atom. The van der Waals surface area contributed by atoms with Crippen LogP contribution in [0.15, 0.2) is 18.2 Å². The zero-order valence-electron chi connectivity index (χ0n) is 11.7. The van der Waals surface area contributed by atoms with Crippen LogP contribution in [-0.4, -0.2) is 10.5 Å². The zero-order valence-corrected chi connectivity index (χ0v) is 11.7. The normalized spacial score (nSPS) is 11.5. The Morgan fingerprint density at radius 3 is 2.53 bits per heavy atom. The third-order valence-electron chi connectivity index (χ3n) is 3.72. The number of carbonyl (C=O) groups excluding carboxylic acids is 1. The number of para-hydroxylation sites is 1. The molecule has 3 heteroatoms. The molecule has 98 valence electrons. The Kier molecular flexibility index (Phi) is 2.90. The fraction of sp³-hybridized carbons (Fsp3) is 0.312. The number of amides is 1. The van der Waals surface area contributed by atoms with Crippen LogP contribution in [0.5, 0.6) is 0 Å². The number of aryl methyl sites for hydroxylation is 1. The van der Waals surface area contributed by atoms with Crippen LogP contribution in [-0.2, 0) is 5.54 Å². The lowest BCUT2D eigenvalue weighted by Crippen LogP contribution is -2.26. The van der Waals surface area contributed by atoms with Gasteiger partial charge in [0.2, 0.25) is 0 Å². The van der Waals surface area contributed by atoms with Gasteiger partial charge in [-0.1, -0.05) is 18.1 Å². The SMILES string of the molecule is C#CC(C)(C)n1c(C)c(C)c2cccc(C(N)=O)c21. The second-order valence-corrected chi connectivity index (χ2v) is 5.32. The summed E-state index contributed by atoms with van der Waals surface area (Å²) in [4.78, 5) is 11.7.